The first kappa shape index (κ1) is 15.3. The molecule has 0 aromatic heterocycles. The summed E-state index contributed by atoms with van der Waals surface area (Å²) in [6.45, 7) is 4.93. The molecule has 0 heterocycles. The largest absolute Gasteiger partial charge is 0.396 e. The van der Waals surface area contributed by atoms with Crippen molar-refractivity contribution in [1.82, 2.24) is 0 Å². The Balaban J connectivity index is 3.24. The standard InChI is InChI=1S/C13H19N3O2S/c1-4-16(9-10(2)8-14)11-6-5-7-12(13(11)15)19(3,17)18/h5-7,10H,4,9,15H2,1-3H3. The van der Waals surface area contributed by atoms with Crippen LogP contribution in [0.1, 0.15) is 13.8 Å². The molecule has 19 heavy (non-hydrogen) atoms. The van der Waals surface area contributed by atoms with Gasteiger partial charge in [0, 0.05) is 19.3 Å². The molecule has 0 aliphatic heterocycles. The fourth-order valence-electron chi connectivity index (χ4n) is 1.90. The molecule has 2 N–H and O–H groups in total. The third-order valence-electron chi connectivity index (χ3n) is 2.88. The van der Waals surface area contributed by atoms with Gasteiger partial charge in [-0.1, -0.05) is 6.07 Å². The van der Waals surface area contributed by atoms with Crippen LogP contribution in [0.2, 0.25) is 0 Å². The summed E-state index contributed by atoms with van der Waals surface area (Å²) in [5, 5.41) is 8.88. The first-order valence-electron chi connectivity index (χ1n) is 6.04. The van der Waals surface area contributed by atoms with Crippen LogP contribution < -0.4 is 10.6 Å². The second-order valence-corrected chi connectivity index (χ2v) is 6.51. The average Bonchev–Trinajstić information content (AvgIpc) is 2.34. The topological polar surface area (TPSA) is 87.2 Å². The van der Waals surface area contributed by atoms with Gasteiger partial charge in [0.05, 0.1) is 28.3 Å². The molecular formula is C13H19N3O2S. The number of anilines is 2. The van der Waals surface area contributed by atoms with E-state index in [-0.39, 0.29) is 16.5 Å². The van der Waals surface area contributed by atoms with Crippen LogP contribution in [0.3, 0.4) is 0 Å². The summed E-state index contributed by atoms with van der Waals surface area (Å²) in [5.74, 6) is -0.152. The van der Waals surface area contributed by atoms with E-state index >= 15 is 0 Å². The maximum absolute atomic E-state index is 11.6. The highest BCUT2D eigenvalue weighted by atomic mass is 32.2. The molecule has 1 unspecified atom stereocenters. The number of benzene rings is 1. The molecule has 0 saturated carbocycles. The van der Waals surface area contributed by atoms with Gasteiger partial charge < -0.3 is 10.6 Å². The molecule has 0 aliphatic carbocycles. The third-order valence-corrected chi connectivity index (χ3v) is 4.03. The van der Waals surface area contributed by atoms with E-state index in [4.69, 9.17) is 11.0 Å². The molecule has 1 aromatic carbocycles. The van der Waals surface area contributed by atoms with Crippen molar-refractivity contribution in [3.8, 4) is 6.07 Å². The van der Waals surface area contributed by atoms with Gasteiger partial charge in [0.2, 0.25) is 0 Å². The predicted octanol–water partition coefficient (Wildman–Crippen LogP) is 1.66. The molecule has 0 spiro atoms. The second-order valence-electron chi connectivity index (χ2n) is 4.53. The van der Waals surface area contributed by atoms with Crippen molar-refractivity contribution in [2.45, 2.75) is 18.7 Å². The summed E-state index contributed by atoms with van der Waals surface area (Å²) in [6, 6.07) is 7.10. The molecule has 1 aromatic rings. The maximum Gasteiger partial charge on any atom is 0.177 e. The Labute approximate surface area is 114 Å². The van der Waals surface area contributed by atoms with Gasteiger partial charge in [-0.2, -0.15) is 5.26 Å². The van der Waals surface area contributed by atoms with E-state index < -0.39 is 9.84 Å². The van der Waals surface area contributed by atoms with E-state index in [1.165, 1.54) is 6.07 Å². The van der Waals surface area contributed by atoms with E-state index in [2.05, 4.69) is 6.07 Å². The summed E-state index contributed by atoms with van der Waals surface area (Å²) in [4.78, 5) is 2.05. The van der Waals surface area contributed by atoms with E-state index in [1.54, 1.807) is 12.1 Å². The molecule has 0 bridgehead atoms. The van der Waals surface area contributed by atoms with Crippen LogP contribution in [-0.4, -0.2) is 27.8 Å². The van der Waals surface area contributed by atoms with Crippen molar-refractivity contribution in [2.24, 2.45) is 5.92 Å². The van der Waals surface area contributed by atoms with Crippen molar-refractivity contribution in [3.05, 3.63) is 18.2 Å². The van der Waals surface area contributed by atoms with Crippen LogP contribution in [-0.2, 0) is 9.84 Å². The van der Waals surface area contributed by atoms with Crippen molar-refractivity contribution < 1.29 is 8.42 Å². The SMILES string of the molecule is CCN(CC(C)C#N)c1cccc(S(C)(=O)=O)c1N. The first-order chi connectivity index (χ1) is 8.81. The zero-order valence-corrected chi connectivity index (χ0v) is 12.2. The van der Waals surface area contributed by atoms with Gasteiger partial charge in [0.1, 0.15) is 0 Å². The number of nitrogens with zero attached hydrogens (tertiary/aromatic N) is 2. The van der Waals surface area contributed by atoms with Gasteiger partial charge >= 0.3 is 0 Å². The Morgan fingerprint density at radius 2 is 2.11 bits per heavy atom. The summed E-state index contributed by atoms with van der Waals surface area (Å²) in [5.41, 5.74) is 6.87. The Hall–Kier alpha value is -1.74. The normalized spacial score (nSPS) is 12.7. The lowest BCUT2D eigenvalue weighted by Crippen LogP contribution is -2.28. The summed E-state index contributed by atoms with van der Waals surface area (Å²) >= 11 is 0. The van der Waals surface area contributed by atoms with Crippen molar-refractivity contribution in [2.75, 3.05) is 30.0 Å². The quantitative estimate of drug-likeness (QED) is 0.829. The molecule has 104 valence electrons. The summed E-state index contributed by atoms with van der Waals surface area (Å²) < 4.78 is 23.3. The van der Waals surface area contributed by atoms with Gasteiger partial charge in [-0.25, -0.2) is 8.42 Å². The fraction of sp³-hybridized carbons (Fsp3) is 0.462. The third kappa shape index (κ3) is 3.61. The molecule has 6 heteroatoms. The number of sulfone groups is 1. The Morgan fingerprint density at radius 1 is 1.47 bits per heavy atom. The van der Waals surface area contributed by atoms with E-state index in [0.717, 1.165) is 6.26 Å². The van der Waals surface area contributed by atoms with Gasteiger partial charge in [0.15, 0.2) is 9.84 Å². The number of nitrogens with two attached hydrogens (primary N) is 1. The number of para-hydroxylation sites is 1. The molecule has 5 nitrogen and oxygen atoms in total. The minimum atomic E-state index is -3.35. The van der Waals surface area contributed by atoms with Crippen molar-refractivity contribution in [1.29, 1.82) is 5.26 Å². The lowest BCUT2D eigenvalue weighted by Gasteiger charge is -2.26. The lowest BCUT2D eigenvalue weighted by molar-refractivity contribution is 0.602. The Kier molecular flexibility index (Phi) is 4.78. The van der Waals surface area contributed by atoms with Crippen LogP contribution in [0.25, 0.3) is 0 Å². The smallest absolute Gasteiger partial charge is 0.177 e. The zero-order chi connectivity index (χ0) is 14.6. The Morgan fingerprint density at radius 3 is 2.58 bits per heavy atom. The maximum atomic E-state index is 11.6. The number of nitrogen functional groups attached to an aromatic ring is 1. The highest BCUT2D eigenvalue weighted by molar-refractivity contribution is 7.90. The van der Waals surface area contributed by atoms with Crippen LogP contribution in [0.15, 0.2) is 23.1 Å². The van der Waals surface area contributed by atoms with Gasteiger partial charge in [-0.3, -0.25) is 0 Å². The molecule has 0 saturated heterocycles. The predicted molar refractivity (Wildman–Crippen MR) is 76.6 cm³/mol. The molecule has 1 atom stereocenters. The van der Waals surface area contributed by atoms with Crippen LogP contribution in [0.5, 0.6) is 0 Å². The van der Waals surface area contributed by atoms with Gasteiger partial charge in [0.25, 0.3) is 0 Å². The monoisotopic (exact) mass is 281 g/mol. The molecular weight excluding hydrogens is 262 g/mol. The highest BCUT2D eigenvalue weighted by Crippen LogP contribution is 2.30. The average molecular weight is 281 g/mol. The number of rotatable bonds is 5. The van der Waals surface area contributed by atoms with Gasteiger partial charge in [-0.05, 0) is 26.0 Å². The Bertz CT molecular complexity index is 590. The van der Waals surface area contributed by atoms with E-state index in [1.807, 2.05) is 18.7 Å². The summed E-state index contributed by atoms with van der Waals surface area (Å²) in [7, 11) is -3.35. The van der Waals surface area contributed by atoms with Crippen molar-refractivity contribution >= 4 is 21.2 Å². The lowest BCUT2D eigenvalue weighted by atomic mass is 10.1. The molecule has 0 radical (unpaired) electrons. The fourth-order valence-corrected chi connectivity index (χ4v) is 2.73. The summed E-state index contributed by atoms with van der Waals surface area (Å²) in [6.07, 6.45) is 1.14. The minimum Gasteiger partial charge on any atom is -0.396 e. The molecule has 0 aliphatic rings. The van der Waals surface area contributed by atoms with Crippen LogP contribution in [0, 0.1) is 17.2 Å². The van der Waals surface area contributed by atoms with E-state index in [0.29, 0.717) is 18.8 Å². The minimum absolute atomic E-state index is 0.132. The zero-order valence-electron chi connectivity index (χ0n) is 11.4. The van der Waals surface area contributed by atoms with Crippen LogP contribution >= 0.6 is 0 Å². The van der Waals surface area contributed by atoms with Crippen molar-refractivity contribution in [3.63, 3.8) is 0 Å². The molecule has 0 fully saturated rings. The number of hydrogen-bond donors (Lipinski definition) is 1. The highest BCUT2D eigenvalue weighted by Gasteiger charge is 2.18. The van der Waals surface area contributed by atoms with E-state index in [9.17, 15) is 8.42 Å². The van der Waals surface area contributed by atoms with Gasteiger partial charge in [-0.15, -0.1) is 0 Å². The molecule has 1 rings (SSSR count). The number of hydrogen-bond acceptors (Lipinski definition) is 5. The second kappa shape index (κ2) is 5.93. The first-order valence-corrected chi connectivity index (χ1v) is 7.93. The molecule has 0 amide bonds. The number of nitriles is 1. The van der Waals surface area contributed by atoms with Crippen LogP contribution in [0.4, 0.5) is 11.4 Å².